The van der Waals surface area contributed by atoms with Gasteiger partial charge in [0.15, 0.2) is 5.82 Å². The number of morpholine rings is 1. The molecule has 3 aromatic heterocycles. The second-order valence-corrected chi connectivity index (χ2v) is 9.49. The van der Waals surface area contributed by atoms with Gasteiger partial charge in [-0.05, 0) is 54.9 Å². The molecule has 0 amide bonds. The molecule has 0 unspecified atom stereocenters. The molecule has 158 valence electrons. The lowest BCUT2D eigenvalue weighted by Gasteiger charge is -2.31. The van der Waals surface area contributed by atoms with Crippen molar-refractivity contribution in [2.45, 2.75) is 44.6 Å². The summed E-state index contributed by atoms with van der Waals surface area (Å²) in [4.78, 5) is 10.9. The third-order valence-electron chi connectivity index (χ3n) is 6.67. The Morgan fingerprint density at radius 3 is 2.43 bits per heavy atom. The number of nitrogens with zero attached hydrogens (tertiary/aromatic N) is 6. The quantitative estimate of drug-likeness (QED) is 0.668. The lowest BCUT2D eigenvalue weighted by molar-refractivity contribution is 0.122. The van der Waals surface area contributed by atoms with E-state index in [-0.39, 0.29) is 6.10 Å². The van der Waals surface area contributed by atoms with E-state index >= 15 is 0 Å². The maximum Gasteiger partial charge on any atom is 0.172 e. The Morgan fingerprint density at radius 1 is 0.900 bits per heavy atom. The molecule has 0 radical (unpaired) electrons. The molecule has 0 spiro atoms. The van der Waals surface area contributed by atoms with Gasteiger partial charge in [0.05, 0.1) is 19.3 Å². The first kappa shape index (κ1) is 18.7. The molecule has 5 heterocycles. The van der Waals surface area contributed by atoms with E-state index < -0.39 is 0 Å². The minimum absolute atomic E-state index is 0.210. The number of aromatic nitrogens is 4. The molecule has 0 bridgehead atoms. The van der Waals surface area contributed by atoms with E-state index in [9.17, 15) is 5.11 Å². The molecule has 3 aliphatic rings. The van der Waals surface area contributed by atoms with Gasteiger partial charge in [-0.15, -0.1) is 21.5 Å². The summed E-state index contributed by atoms with van der Waals surface area (Å²) in [6.07, 6.45) is 5.91. The Hall–Kier alpha value is -2.10. The van der Waals surface area contributed by atoms with Crippen LogP contribution in [0, 0.1) is 0 Å². The minimum Gasteiger partial charge on any atom is -0.393 e. The van der Waals surface area contributed by atoms with E-state index in [0.29, 0.717) is 0 Å². The summed E-state index contributed by atoms with van der Waals surface area (Å²) in [7, 11) is 0. The Bertz CT molecular complexity index is 1090. The number of pyridine rings is 1. The van der Waals surface area contributed by atoms with Crippen molar-refractivity contribution in [3.63, 3.8) is 0 Å². The summed E-state index contributed by atoms with van der Waals surface area (Å²) in [6.45, 7) is 4.93. The molecule has 6 rings (SSSR count). The maximum atomic E-state index is 9.89. The first-order chi connectivity index (χ1) is 14.8. The number of hydrogen-bond donors (Lipinski definition) is 1. The van der Waals surface area contributed by atoms with Crippen LogP contribution >= 0.6 is 11.3 Å². The highest BCUT2D eigenvalue weighted by Gasteiger charge is 2.28. The molecule has 0 saturated carbocycles. The summed E-state index contributed by atoms with van der Waals surface area (Å²) >= 11 is 1.70. The van der Waals surface area contributed by atoms with Gasteiger partial charge in [0.25, 0.3) is 0 Å². The van der Waals surface area contributed by atoms with E-state index in [0.717, 1.165) is 91.8 Å². The number of hydrogen-bond acceptors (Lipinski definition) is 9. The van der Waals surface area contributed by atoms with Crippen LogP contribution in [-0.2, 0) is 17.6 Å². The van der Waals surface area contributed by atoms with Crippen LogP contribution < -0.4 is 9.80 Å². The third-order valence-corrected chi connectivity index (χ3v) is 7.74. The van der Waals surface area contributed by atoms with Crippen molar-refractivity contribution < 1.29 is 9.84 Å². The lowest BCUT2D eigenvalue weighted by atomic mass is 9.90. The van der Waals surface area contributed by atoms with Crippen LogP contribution in [0.25, 0.3) is 20.4 Å². The number of thiophene rings is 1. The first-order valence-electron chi connectivity index (χ1n) is 11.0. The van der Waals surface area contributed by atoms with E-state index in [1.807, 2.05) is 0 Å². The predicted molar refractivity (Wildman–Crippen MR) is 118 cm³/mol. The zero-order chi connectivity index (χ0) is 20.1. The molecule has 2 saturated heterocycles. The fourth-order valence-electron chi connectivity index (χ4n) is 5.08. The van der Waals surface area contributed by atoms with Gasteiger partial charge < -0.3 is 19.6 Å². The van der Waals surface area contributed by atoms with Crippen molar-refractivity contribution in [1.82, 2.24) is 20.4 Å². The van der Waals surface area contributed by atoms with E-state index in [2.05, 4.69) is 25.2 Å². The van der Waals surface area contributed by atoms with Gasteiger partial charge in [-0.1, -0.05) is 0 Å². The summed E-state index contributed by atoms with van der Waals surface area (Å²) in [5.41, 5.74) is 3.77. The van der Waals surface area contributed by atoms with Crippen molar-refractivity contribution in [2.24, 2.45) is 0 Å². The van der Waals surface area contributed by atoms with Gasteiger partial charge in [0, 0.05) is 31.6 Å². The molecule has 8 nitrogen and oxygen atoms in total. The fourth-order valence-corrected chi connectivity index (χ4v) is 6.22. The summed E-state index contributed by atoms with van der Waals surface area (Å²) in [6, 6.07) is 0. The van der Waals surface area contributed by atoms with Crippen LogP contribution in [0.5, 0.6) is 0 Å². The minimum atomic E-state index is -0.210. The second-order valence-electron chi connectivity index (χ2n) is 8.49. The van der Waals surface area contributed by atoms with Crippen LogP contribution in [0.15, 0.2) is 0 Å². The van der Waals surface area contributed by atoms with Crippen molar-refractivity contribution in [2.75, 3.05) is 49.2 Å². The van der Waals surface area contributed by atoms with E-state index in [4.69, 9.17) is 9.72 Å². The zero-order valence-electron chi connectivity index (χ0n) is 17.0. The molecule has 30 heavy (non-hydrogen) atoms. The molecule has 1 aliphatic carbocycles. The number of fused-ring (bicyclic) bond motifs is 5. The SMILES string of the molecule is OC1CCN(c2nnnc3c2sc2nc(N4CCOCC4)c4c(c23)CCCC4)CC1. The predicted octanol–water partition coefficient (Wildman–Crippen LogP) is 2.31. The van der Waals surface area contributed by atoms with Crippen LogP contribution in [0.4, 0.5) is 11.6 Å². The Morgan fingerprint density at radius 2 is 1.63 bits per heavy atom. The van der Waals surface area contributed by atoms with Crippen molar-refractivity contribution >= 4 is 43.4 Å². The van der Waals surface area contributed by atoms with Crippen molar-refractivity contribution in [1.29, 1.82) is 0 Å². The Labute approximate surface area is 178 Å². The second kappa shape index (κ2) is 7.55. The molecule has 9 heteroatoms. The van der Waals surface area contributed by atoms with Gasteiger partial charge in [-0.25, -0.2) is 4.98 Å². The average Bonchev–Trinajstić information content (AvgIpc) is 3.19. The highest BCUT2D eigenvalue weighted by Crippen LogP contribution is 2.43. The molecular formula is C21H26N6O2S. The number of aliphatic hydroxyl groups is 1. The van der Waals surface area contributed by atoms with Crippen LogP contribution in [-0.4, -0.2) is 71.0 Å². The molecule has 1 N–H and O–H groups in total. The molecule has 3 aromatic rings. The number of anilines is 2. The third kappa shape index (κ3) is 3.02. The van der Waals surface area contributed by atoms with Crippen molar-refractivity contribution in [3.05, 3.63) is 11.1 Å². The molecule has 0 atom stereocenters. The molecular weight excluding hydrogens is 400 g/mol. The lowest BCUT2D eigenvalue weighted by Crippen LogP contribution is -2.37. The number of aryl methyl sites for hydroxylation is 1. The standard InChI is InChI=1S/C21H26N6O2S/c28-13-5-7-26(8-6-13)20-18-17(23-25-24-20)16-14-3-1-2-4-15(14)19(22-21(16)30-18)27-9-11-29-12-10-27/h13,28H,1-12H2. The van der Waals surface area contributed by atoms with Crippen LogP contribution in [0.2, 0.25) is 0 Å². The highest BCUT2D eigenvalue weighted by molar-refractivity contribution is 7.26. The fraction of sp³-hybridized carbons (Fsp3) is 0.619. The van der Waals surface area contributed by atoms with Gasteiger partial charge in [0.1, 0.15) is 20.9 Å². The number of aliphatic hydroxyl groups excluding tert-OH is 1. The monoisotopic (exact) mass is 426 g/mol. The van der Waals surface area contributed by atoms with Gasteiger partial charge >= 0.3 is 0 Å². The largest absolute Gasteiger partial charge is 0.393 e. The number of ether oxygens (including phenoxy) is 1. The van der Waals surface area contributed by atoms with Crippen molar-refractivity contribution in [3.8, 4) is 0 Å². The normalized spacial score (nSPS) is 20.8. The summed E-state index contributed by atoms with van der Waals surface area (Å²) in [5, 5.41) is 24.1. The average molecular weight is 427 g/mol. The molecule has 2 fully saturated rings. The Balaban J connectivity index is 1.53. The maximum absolute atomic E-state index is 9.89. The topological polar surface area (TPSA) is 87.5 Å². The number of piperidine rings is 1. The highest BCUT2D eigenvalue weighted by atomic mass is 32.1. The first-order valence-corrected chi connectivity index (χ1v) is 11.8. The van der Waals surface area contributed by atoms with Crippen LogP contribution in [0.3, 0.4) is 0 Å². The van der Waals surface area contributed by atoms with E-state index in [1.165, 1.54) is 29.4 Å². The molecule has 0 aromatic carbocycles. The summed E-state index contributed by atoms with van der Waals surface area (Å²) in [5.74, 6) is 2.04. The van der Waals surface area contributed by atoms with Gasteiger partial charge in [-0.2, -0.15) is 0 Å². The zero-order valence-corrected chi connectivity index (χ0v) is 17.8. The summed E-state index contributed by atoms with van der Waals surface area (Å²) < 4.78 is 6.65. The Kier molecular flexibility index (Phi) is 4.69. The number of rotatable bonds is 2. The van der Waals surface area contributed by atoms with Crippen LogP contribution in [0.1, 0.15) is 36.8 Å². The van der Waals surface area contributed by atoms with Gasteiger partial charge in [0.2, 0.25) is 0 Å². The van der Waals surface area contributed by atoms with Gasteiger partial charge in [-0.3, -0.25) is 0 Å². The van der Waals surface area contributed by atoms with E-state index in [1.54, 1.807) is 11.3 Å². The smallest absolute Gasteiger partial charge is 0.172 e. The molecule has 2 aliphatic heterocycles.